The van der Waals surface area contributed by atoms with E-state index in [-0.39, 0.29) is 10.9 Å². The molecule has 1 aromatic rings. The van der Waals surface area contributed by atoms with Crippen molar-refractivity contribution in [2.24, 2.45) is 0 Å². The first-order chi connectivity index (χ1) is 6.97. The summed E-state index contributed by atoms with van der Waals surface area (Å²) in [6.45, 7) is 0. The van der Waals surface area contributed by atoms with Gasteiger partial charge < -0.3 is 9.84 Å². The number of rotatable bonds is 3. The molecule has 0 atom stereocenters. The molecule has 1 N–H and O–H groups in total. The molecule has 0 bridgehead atoms. The van der Waals surface area contributed by atoms with E-state index in [2.05, 4.69) is 9.72 Å². The van der Waals surface area contributed by atoms with Crippen molar-refractivity contribution in [1.29, 1.82) is 0 Å². The molecule has 82 valence electrons. The maximum Gasteiger partial charge on any atom is 0.341 e. The number of carbonyl (C=O) groups is 1. The van der Waals surface area contributed by atoms with Gasteiger partial charge in [0.25, 0.3) is 6.43 Å². The third-order valence-electron chi connectivity index (χ3n) is 1.62. The van der Waals surface area contributed by atoms with Crippen LogP contribution in [0.4, 0.5) is 8.78 Å². The Balaban J connectivity index is 3.47. The molecule has 0 saturated heterocycles. The van der Waals surface area contributed by atoms with E-state index in [4.69, 9.17) is 16.7 Å². The van der Waals surface area contributed by atoms with Gasteiger partial charge in [0.15, 0.2) is 0 Å². The van der Waals surface area contributed by atoms with E-state index in [0.29, 0.717) is 0 Å². The van der Waals surface area contributed by atoms with Crippen LogP contribution in [0.15, 0.2) is 6.07 Å². The van der Waals surface area contributed by atoms with E-state index in [0.717, 1.165) is 13.2 Å². The van der Waals surface area contributed by atoms with Gasteiger partial charge in [0.1, 0.15) is 22.2 Å². The molecule has 0 aliphatic carbocycles. The first-order valence-electron chi connectivity index (χ1n) is 3.73. The summed E-state index contributed by atoms with van der Waals surface area (Å²) in [6.07, 6.45) is -3.02. The molecule has 0 unspecified atom stereocenters. The number of methoxy groups -OCH3 is 1. The summed E-state index contributed by atoms with van der Waals surface area (Å²) in [4.78, 5) is 14.0. The first-order valence-corrected chi connectivity index (χ1v) is 4.11. The predicted molar refractivity (Wildman–Crippen MR) is 47.7 cm³/mol. The quantitative estimate of drug-likeness (QED) is 0.820. The summed E-state index contributed by atoms with van der Waals surface area (Å²) >= 11 is 5.43. The summed E-state index contributed by atoms with van der Waals surface area (Å²) in [5.74, 6) is -1.77. The summed E-state index contributed by atoms with van der Waals surface area (Å²) in [5.41, 5.74) is -1.57. The number of aromatic nitrogens is 1. The van der Waals surface area contributed by atoms with Gasteiger partial charge in [-0.3, -0.25) is 0 Å². The highest BCUT2D eigenvalue weighted by Gasteiger charge is 2.25. The van der Waals surface area contributed by atoms with Gasteiger partial charge in [0, 0.05) is 6.07 Å². The van der Waals surface area contributed by atoms with Crippen LogP contribution >= 0.6 is 11.6 Å². The van der Waals surface area contributed by atoms with Gasteiger partial charge in [-0.15, -0.1) is 0 Å². The second-order valence-electron chi connectivity index (χ2n) is 2.51. The molecule has 0 aliphatic rings. The molecular formula is C8H6ClF2NO3. The van der Waals surface area contributed by atoms with Gasteiger partial charge in [0.2, 0.25) is 0 Å². The lowest BCUT2D eigenvalue weighted by atomic mass is 10.2. The molecule has 15 heavy (non-hydrogen) atoms. The van der Waals surface area contributed by atoms with Crippen molar-refractivity contribution in [2.75, 3.05) is 7.11 Å². The lowest BCUT2D eigenvalue weighted by Gasteiger charge is -2.09. The number of carboxylic acid groups (broad SMARTS) is 1. The number of nitrogens with zero attached hydrogens (tertiary/aromatic N) is 1. The number of carboxylic acids is 1. The highest BCUT2D eigenvalue weighted by atomic mass is 35.5. The average Bonchev–Trinajstić information content (AvgIpc) is 2.15. The molecule has 0 saturated carbocycles. The van der Waals surface area contributed by atoms with E-state index in [1.165, 1.54) is 0 Å². The van der Waals surface area contributed by atoms with E-state index in [1.54, 1.807) is 0 Å². The number of halogens is 3. The molecule has 0 amide bonds. The van der Waals surface area contributed by atoms with Gasteiger partial charge in [-0.2, -0.15) is 0 Å². The second-order valence-corrected chi connectivity index (χ2v) is 2.90. The number of pyridine rings is 1. The van der Waals surface area contributed by atoms with Crippen molar-refractivity contribution in [3.63, 3.8) is 0 Å². The first kappa shape index (κ1) is 11.6. The third kappa shape index (κ3) is 2.33. The zero-order valence-corrected chi connectivity index (χ0v) is 8.26. The normalized spacial score (nSPS) is 10.5. The van der Waals surface area contributed by atoms with Gasteiger partial charge >= 0.3 is 5.97 Å². The molecule has 0 fully saturated rings. The fourth-order valence-corrected chi connectivity index (χ4v) is 1.23. The fraction of sp³-hybridized carbons (Fsp3) is 0.250. The summed E-state index contributed by atoms with van der Waals surface area (Å²) in [6, 6.07) is 1.07. The maximum atomic E-state index is 12.4. The number of aromatic carboxylic acids is 1. The highest BCUT2D eigenvalue weighted by molar-refractivity contribution is 6.29. The largest absolute Gasteiger partial charge is 0.496 e. The SMILES string of the molecule is COc1cc(Cl)nc(C(F)F)c1C(=O)O. The Bertz CT molecular complexity index is 398. The monoisotopic (exact) mass is 237 g/mol. The Kier molecular flexibility index (Phi) is 3.41. The highest BCUT2D eigenvalue weighted by Crippen LogP contribution is 2.30. The second kappa shape index (κ2) is 4.39. The van der Waals surface area contributed by atoms with Crippen LogP contribution in [0.2, 0.25) is 5.15 Å². The zero-order valence-electron chi connectivity index (χ0n) is 7.50. The van der Waals surface area contributed by atoms with Crippen LogP contribution in [0, 0.1) is 0 Å². The van der Waals surface area contributed by atoms with Crippen molar-refractivity contribution < 1.29 is 23.4 Å². The van der Waals surface area contributed by atoms with Crippen molar-refractivity contribution in [3.05, 3.63) is 22.5 Å². The average molecular weight is 238 g/mol. The standard InChI is InChI=1S/C8H6ClF2NO3/c1-15-3-2-4(9)12-6(7(10)11)5(3)8(13)14/h2,7H,1H3,(H,13,14). The molecule has 0 aliphatic heterocycles. The smallest absolute Gasteiger partial charge is 0.341 e. The van der Waals surface area contributed by atoms with E-state index >= 15 is 0 Å². The van der Waals surface area contributed by atoms with Crippen molar-refractivity contribution in [3.8, 4) is 5.75 Å². The Morgan fingerprint density at radius 1 is 1.67 bits per heavy atom. The molecule has 1 heterocycles. The number of hydrogen-bond donors (Lipinski definition) is 1. The van der Waals surface area contributed by atoms with Gasteiger partial charge in [-0.05, 0) is 0 Å². The van der Waals surface area contributed by atoms with Crippen molar-refractivity contribution in [2.45, 2.75) is 6.43 Å². The Labute approximate surface area is 88.4 Å². The van der Waals surface area contributed by atoms with Gasteiger partial charge in [0.05, 0.1) is 7.11 Å². The number of hydrogen-bond acceptors (Lipinski definition) is 3. The molecule has 1 rings (SSSR count). The van der Waals surface area contributed by atoms with Gasteiger partial charge in [-0.1, -0.05) is 11.6 Å². The van der Waals surface area contributed by atoms with Crippen LogP contribution < -0.4 is 4.74 Å². The van der Waals surface area contributed by atoms with Crippen molar-refractivity contribution in [1.82, 2.24) is 4.98 Å². The van der Waals surface area contributed by atoms with Crippen LogP contribution in [0.25, 0.3) is 0 Å². The minimum Gasteiger partial charge on any atom is -0.496 e. The van der Waals surface area contributed by atoms with Crippen LogP contribution in [0.3, 0.4) is 0 Å². The molecule has 1 aromatic heterocycles. The number of alkyl halides is 2. The topological polar surface area (TPSA) is 59.4 Å². The molecular weight excluding hydrogens is 232 g/mol. The van der Waals surface area contributed by atoms with Crippen LogP contribution in [0.5, 0.6) is 5.75 Å². The van der Waals surface area contributed by atoms with E-state index in [1.807, 2.05) is 0 Å². The third-order valence-corrected chi connectivity index (χ3v) is 1.81. The van der Waals surface area contributed by atoms with Gasteiger partial charge in [-0.25, -0.2) is 18.6 Å². The minimum absolute atomic E-state index is 0.238. The number of ether oxygens (including phenoxy) is 1. The summed E-state index contributed by atoms with van der Waals surface area (Å²) in [5, 5.41) is 8.48. The molecule has 7 heteroatoms. The molecule has 0 spiro atoms. The Morgan fingerprint density at radius 3 is 2.67 bits per heavy atom. The van der Waals surface area contributed by atoms with Crippen LogP contribution in [0.1, 0.15) is 22.5 Å². The van der Waals surface area contributed by atoms with E-state index < -0.39 is 23.7 Å². The maximum absolute atomic E-state index is 12.4. The molecule has 0 radical (unpaired) electrons. The summed E-state index contributed by atoms with van der Waals surface area (Å²) < 4.78 is 29.5. The van der Waals surface area contributed by atoms with Crippen molar-refractivity contribution >= 4 is 17.6 Å². The predicted octanol–water partition coefficient (Wildman–Crippen LogP) is 2.38. The fourth-order valence-electron chi connectivity index (χ4n) is 1.04. The Morgan fingerprint density at radius 2 is 2.27 bits per heavy atom. The summed E-state index contributed by atoms with van der Waals surface area (Å²) in [7, 11) is 1.16. The molecule has 0 aromatic carbocycles. The van der Waals surface area contributed by atoms with Crippen LogP contribution in [-0.2, 0) is 0 Å². The molecule has 4 nitrogen and oxygen atoms in total. The van der Waals surface area contributed by atoms with E-state index in [9.17, 15) is 13.6 Å². The Hall–Kier alpha value is -1.43. The zero-order chi connectivity index (χ0) is 11.6. The minimum atomic E-state index is -3.02. The van der Waals surface area contributed by atoms with Crippen LogP contribution in [-0.4, -0.2) is 23.2 Å². The lowest BCUT2D eigenvalue weighted by Crippen LogP contribution is -2.08. The lowest BCUT2D eigenvalue weighted by molar-refractivity contribution is 0.0678.